The Labute approximate surface area is 124 Å². The fourth-order valence-corrected chi connectivity index (χ4v) is 3.09. The molecule has 2 nitrogen and oxygen atoms in total. The first-order valence-electron chi connectivity index (χ1n) is 8.29. The molecule has 2 rings (SSSR count). The van der Waals surface area contributed by atoms with Crippen LogP contribution in [0.25, 0.3) is 0 Å². The molecule has 1 saturated carbocycles. The number of hydrogen-bond acceptors (Lipinski definition) is 2. The molecule has 0 radical (unpaired) electrons. The van der Waals surface area contributed by atoms with E-state index in [1.54, 1.807) is 0 Å². The zero-order valence-corrected chi connectivity index (χ0v) is 13.1. The van der Waals surface area contributed by atoms with Crippen LogP contribution >= 0.6 is 0 Å². The van der Waals surface area contributed by atoms with Gasteiger partial charge >= 0.3 is 0 Å². The minimum atomic E-state index is 0.432. The van der Waals surface area contributed by atoms with Crippen molar-refractivity contribution in [2.45, 2.75) is 76.9 Å². The maximum Gasteiger partial charge on any atom is 0.0294 e. The van der Waals surface area contributed by atoms with Crippen molar-refractivity contribution in [1.82, 2.24) is 5.32 Å². The maximum atomic E-state index is 5.97. The van der Waals surface area contributed by atoms with Crippen LogP contribution in [-0.2, 0) is 6.42 Å². The molecule has 20 heavy (non-hydrogen) atoms. The van der Waals surface area contributed by atoms with E-state index < -0.39 is 0 Å². The Hall–Kier alpha value is -0.860. The zero-order chi connectivity index (χ0) is 14.4. The molecule has 0 aliphatic heterocycles. The van der Waals surface area contributed by atoms with E-state index in [4.69, 9.17) is 5.73 Å². The van der Waals surface area contributed by atoms with Gasteiger partial charge in [0.2, 0.25) is 0 Å². The van der Waals surface area contributed by atoms with E-state index in [2.05, 4.69) is 43.4 Å². The molecule has 1 atom stereocenters. The Balaban J connectivity index is 1.84. The molecule has 0 amide bonds. The van der Waals surface area contributed by atoms with Crippen LogP contribution in [0.15, 0.2) is 24.3 Å². The molecule has 112 valence electrons. The van der Waals surface area contributed by atoms with Crippen LogP contribution < -0.4 is 11.1 Å². The summed E-state index contributed by atoms with van der Waals surface area (Å²) in [5, 5.41) is 3.76. The third kappa shape index (κ3) is 4.60. The normalized spacial score (nSPS) is 24.6. The molecule has 0 bridgehead atoms. The van der Waals surface area contributed by atoms with Gasteiger partial charge in [-0.2, -0.15) is 0 Å². The number of nitrogens with two attached hydrogens (primary N) is 1. The first kappa shape index (κ1) is 15.5. The van der Waals surface area contributed by atoms with Crippen LogP contribution in [-0.4, -0.2) is 12.1 Å². The fourth-order valence-electron chi connectivity index (χ4n) is 3.09. The number of benzene rings is 1. The van der Waals surface area contributed by atoms with Crippen molar-refractivity contribution >= 4 is 0 Å². The minimum Gasteiger partial charge on any atom is -0.328 e. The second kappa shape index (κ2) is 7.80. The second-order valence-electron chi connectivity index (χ2n) is 6.35. The third-order valence-corrected chi connectivity index (χ3v) is 4.56. The first-order chi connectivity index (χ1) is 9.69. The average molecular weight is 274 g/mol. The standard InChI is InChI=1S/C18H30N2/c1-3-4-5-15-6-8-16(9-7-15)14(2)20-18-12-10-17(19)11-13-18/h6-9,14,17-18,20H,3-5,10-13,19H2,1-2H3. The zero-order valence-electron chi connectivity index (χ0n) is 13.1. The van der Waals surface area contributed by atoms with Crippen LogP contribution in [0.3, 0.4) is 0 Å². The van der Waals surface area contributed by atoms with Gasteiger partial charge in [0, 0.05) is 18.1 Å². The summed E-state index contributed by atoms with van der Waals surface area (Å²) >= 11 is 0. The van der Waals surface area contributed by atoms with E-state index in [1.165, 1.54) is 56.1 Å². The number of nitrogens with one attached hydrogen (secondary N) is 1. The first-order valence-corrected chi connectivity index (χ1v) is 8.29. The molecule has 1 aliphatic carbocycles. The summed E-state index contributed by atoms with van der Waals surface area (Å²) in [6, 6.07) is 10.7. The highest BCUT2D eigenvalue weighted by Crippen LogP contribution is 2.21. The Bertz CT molecular complexity index is 377. The summed E-state index contributed by atoms with van der Waals surface area (Å²) in [5.41, 5.74) is 8.83. The molecule has 3 N–H and O–H groups in total. The molecule has 1 aromatic rings. The highest BCUT2D eigenvalue weighted by Gasteiger charge is 2.20. The van der Waals surface area contributed by atoms with Crippen molar-refractivity contribution in [3.63, 3.8) is 0 Å². The molecule has 0 heterocycles. The number of hydrogen-bond donors (Lipinski definition) is 2. The molecular formula is C18H30N2. The van der Waals surface area contributed by atoms with Gasteiger partial charge in [-0.1, -0.05) is 37.6 Å². The van der Waals surface area contributed by atoms with Gasteiger partial charge in [0.15, 0.2) is 0 Å². The molecule has 1 aliphatic rings. The quantitative estimate of drug-likeness (QED) is 0.824. The smallest absolute Gasteiger partial charge is 0.0294 e. The lowest BCUT2D eigenvalue weighted by Crippen LogP contribution is -2.38. The summed E-state index contributed by atoms with van der Waals surface area (Å²) in [7, 11) is 0. The molecule has 1 fully saturated rings. The largest absolute Gasteiger partial charge is 0.328 e. The summed E-state index contributed by atoms with van der Waals surface area (Å²) in [6.07, 6.45) is 8.54. The van der Waals surface area contributed by atoms with Crippen LogP contribution in [0, 0.1) is 0 Å². The number of aryl methyl sites for hydroxylation is 1. The van der Waals surface area contributed by atoms with Gasteiger partial charge in [-0.3, -0.25) is 0 Å². The highest BCUT2D eigenvalue weighted by molar-refractivity contribution is 5.25. The Morgan fingerprint density at radius 3 is 2.40 bits per heavy atom. The molecule has 1 unspecified atom stereocenters. The monoisotopic (exact) mass is 274 g/mol. The summed E-state index contributed by atoms with van der Waals surface area (Å²) in [4.78, 5) is 0. The van der Waals surface area contributed by atoms with Crippen LogP contribution in [0.4, 0.5) is 0 Å². The van der Waals surface area contributed by atoms with Crippen molar-refractivity contribution in [2.75, 3.05) is 0 Å². The van der Waals surface area contributed by atoms with E-state index >= 15 is 0 Å². The van der Waals surface area contributed by atoms with Crippen molar-refractivity contribution in [3.8, 4) is 0 Å². The molecular weight excluding hydrogens is 244 g/mol. The summed E-state index contributed by atoms with van der Waals surface area (Å²) in [6.45, 7) is 4.52. The predicted molar refractivity (Wildman–Crippen MR) is 86.8 cm³/mol. The minimum absolute atomic E-state index is 0.432. The molecule has 1 aromatic carbocycles. The molecule has 0 aromatic heterocycles. The SMILES string of the molecule is CCCCc1ccc(C(C)NC2CCC(N)CC2)cc1. The van der Waals surface area contributed by atoms with Crippen molar-refractivity contribution in [2.24, 2.45) is 5.73 Å². The fraction of sp³-hybridized carbons (Fsp3) is 0.667. The van der Waals surface area contributed by atoms with E-state index in [0.29, 0.717) is 18.1 Å². The van der Waals surface area contributed by atoms with Crippen molar-refractivity contribution in [3.05, 3.63) is 35.4 Å². The summed E-state index contributed by atoms with van der Waals surface area (Å²) in [5.74, 6) is 0. The van der Waals surface area contributed by atoms with Gasteiger partial charge in [-0.05, 0) is 56.6 Å². The Morgan fingerprint density at radius 1 is 1.15 bits per heavy atom. The van der Waals surface area contributed by atoms with E-state index in [9.17, 15) is 0 Å². The Kier molecular flexibility index (Phi) is 6.06. The van der Waals surface area contributed by atoms with Gasteiger partial charge in [-0.15, -0.1) is 0 Å². The van der Waals surface area contributed by atoms with Crippen LogP contribution in [0.1, 0.15) is 69.5 Å². The van der Waals surface area contributed by atoms with Gasteiger partial charge < -0.3 is 11.1 Å². The average Bonchev–Trinajstić information content (AvgIpc) is 2.48. The van der Waals surface area contributed by atoms with E-state index in [1.807, 2.05) is 0 Å². The summed E-state index contributed by atoms with van der Waals surface area (Å²) < 4.78 is 0. The number of rotatable bonds is 6. The highest BCUT2D eigenvalue weighted by atomic mass is 14.9. The molecule has 0 saturated heterocycles. The predicted octanol–water partition coefficient (Wildman–Crippen LogP) is 3.95. The van der Waals surface area contributed by atoms with Crippen LogP contribution in [0.5, 0.6) is 0 Å². The van der Waals surface area contributed by atoms with Gasteiger partial charge in [-0.25, -0.2) is 0 Å². The van der Waals surface area contributed by atoms with Crippen LogP contribution in [0.2, 0.25) is 0 Å². The van der Waals surface area contributed by atoms with Crippen molar-refractivity contribution in [1.29, 1.82) is 0 Å². The lowest BCUT2D eigenvalue weighted by molar-refractivity contribution is 0.322. The molecule has 2 heteroatoms. The number of unbranched alkanes of at least 4 members (excludes halogenated alkanes) is 1. The van der Waals surface area contributed by atoms with Gasteiger partial charge in [0.05, 0.1) is 0 Å². The van der Waals surface area contributed by atoms with E-state index in [-0.39, 0.29) is 0 Å². The second-order valence-corrected chi connectivity index (χ2v) is 6.35. The van der Waals surface area contributed by atoms with E-state index in [0.717, 1.165) is 0 Å². The maximum absolute atomic E-state index is 5.97. The van der Waals surface area contributed by atoms with Gasteiger partial charge in [0.25, 0.3) is 0 Å². The topological polar surface area (TPSA) is 38.0 Å². The lowest BCUT2D eigenvalue weighted by atomic mass is 9.91. The van der Waals surface area contributed by atoms with Crippen molar-refractivity contribution < 1.29 is 0 Å². The Morgan fingerprint density at radius 2 is 1.80 bits per heavy atom. The third-order valence-electron chi connectivity index (χ3n) is 4.56. The lowest BCUT2D eigenvalue weighted by Gasteiger charge is -2.29. The molecule has 0 spiro atoms. The van der Waals surface area contributed by atoms with Gasteiger partial charge in [0.1, 0.15) is 0 Å².